The van der Waals surface area contributed by atoms with Gasteiger partial charge >= 0.3 is 0 Å². The third-order valence-corrected chi connectivity index (χ3v) is 2.36. The third kappa shape index (κ3) is 3.00. The highest BCUT2D eigenvalue weighted by atomic mass is 16.1. The molecule has 0 aliphatic rings. The second-order valence-corrected chi connectivity index (χ2v) is 3.51. The smallest absolute Gasteiger partial charge is 0.211 e. The molecule has 0 N–H and O–H groups in total. The summed E-state index contributed by atoms with van der Waals surface area (Å²) in [5, 5.41) is 0. The van der Waals surface area contributed by atoms with E-state index in [0.29, 0.717) is 5.69 Å². The molecule has 0 saturated carbocycles. The Morgan fingerprint density at radius 2 is 1.59 bits per heavy atom. The van der Waals surface area contributed by atoms with Gasteiger partial charge in [0.05, 0.1) is 5.69 Å². The molecule has 0 radical (unpaired) electrons. The summed E-state index contributed by atoms with van der Waals surface area (Å²) in [6.45, 7) is 0. The first-order valence-corrected chi connectivity index (χ1v) is 5.30. The van der Waals surface area contributed by atoms with Gasteiger partial charge in [-0.3, -0.25) is 0 Å². The summed E-state index contributed by atoms with van der Waals surface area (Å²) in [6.07, 6.45) is 5.48. The average molecular weight is 221 g/mol. The molecule has 0 bridgehead atoms. The van der Waals surface area contributed by atoms with E-state index < -0.39 is 0 Å². The lowest BCUT2D eigenvalue weighted by Gasteiger charge is -1.97. The second-order valence-electron chi connectivity index (χ2n) is 3.51. The lowest BCUT2D eigenvalue weighted by Crippen LogP contribution is -1.74. The van der Waals surface area contributed by atoms with E-state index in [4.69, 9.17) is 0 Å². The first-order valence-electron chi connectivity index (χ1n) is 5.30. The van der Waals surface area contributed by atoms with Crippen LogP contribution in [0.1, 0.15) is 11.1 Å². The molecule has 0 heterocycles. The Bertz CT molecular complexity index is 566. The van der Waals surface area contributed by atoms with E-state index in [1.807, 2.05) is 60.7 Å². The van der Waals surface area contributed by atoms with E-state index in [2.05, 4.69) is 4.99 Å². The van der Waals surface area contributed by atoms with Crippen molar-refractivity contribution in [2.24, 2.45) is 4.99 Å². The summed E-state index contributed by atoms with van der Waals surface area (Å²) in [5.74, 6) is 0. The molecule has 2 nitrogen and oxygen atoms in total. The Morgan fingerprint density at radius 3 is 2.35 bits per heavy atom. The van der Waals surface area contributed by atoms with Crippen LogP contribution in [0.2, 0.25) is 0 Å². The van der Waals surface area contributed by atoms with Crippen LogP contribution in [0, 0.1) is 0 Å². The molecular formula is C15H11NO. The molecule has 0 aliphatic carbocycles. The van der Waals surface area contributed by atoms with Gasteiger partial charge in [-0.15, -0.1) is 0 Å². The molecule has 17 heavy (non-hydrogen) atoms. The maximum absolute atomic E-state index is 10.3. The molecule has 2 aromatic rings. The highest BCUT2D eigenvalue weighted by molar-refractivity contribution is 5.76. The number of nitrogens with zero attached hydrogens (tertiary/aromatic N) is 1. The van der Waals surface area contributed by atoms with Crippen LogP contribution in [-0.2, 0) is 4.79 Å². The van der Waals surface area contributed by atoms with Crippen LogP contribution < -0.4 is 0 Å². The van der Waals surface area contributed by atoms with Crippen LogP contribution >= 0.6 is 0 Å². The number of benzene rings is 2. The fourth-order valence-electron chi connectivity index (χ4n) is 1.53. The minimum Gasteiger partial charge on any atom is -0.211 e. The van der Waals surface area contributed by atoms with Gasteiger partial charge < -0.3 is 0 Å². The first-order chi connectivity index (χ1) is 8.40. The fourth-order valence-corrected chi connectivity index (χ4v) is 1.53. The van der Waals surface area contributed by atoms with Gasteiger partial charge in [0.25, 0.3) is 0 Å². The minimum atomic E-state index is 0.634. The molecule has 0 spiro atoms. The molecule has 0 fully saturated rings. The SMILES string of the molecule is O=C=Nc1ccccc1/C=C/c1ccccc1. The number of hydrogen-bond acceptors (Lipinski definition) is 2. The van der Waals surface area contributed by atoms with E-state index in [9.17, 15) is 4.79 Å². The van der Waals surface area contributed by atoms with Gasteiger partial charge in [-0.2, -0.15) is 4.99 Å². The maximum atomic E-state index is 10.3. The molecule has 0 saturated heterocycles. The zero-order valence-corrected chi connectivity index (χ0v) is 9.21. The number of hydrogen-bond donors (Lipinski definition) is 0. The highest BCUT2D eigenvalue weighted by Gasteiger charge is 1.95. The average Bonchev–Trinajstić information content (AvgIpc) is 2.39. The van der Waals surface area contributed by atoms with Gasteiger partial charge in [-0.25, -0.2) is 4.79 Å². The second kappa shape index (κ2) is 5.59. The predicted molar refractivity (Wildman–Crippen MR) is 69.6 cm³/mol. The topological polar surface area (TPSA) is 29.4 Å². The molecule has 82 valence electrons. The van der Waals surface area contributed by atoms with Crippen LogP contribution in [0.15, 0.2) is 59.6 Å². The van der Waals surface area contributed by atoms with Crippen molar-refractivity contribution >= 4 is 23.9 Å². The lowest BCUT2D eigenvalue weighted by atomic mass is 10.1. The highest BCUT2D eigenvalue weighted by Crippen LogP contribution is 2.20. The molecule has 0 aliphatic heterocycles. The summed E-state index contributed by atoms with van der Waals surface area (Å²) in [7, 11) is 0. The first kappa shape index (κ1) is 11.1. The van der Waals surface area contributed by atoms with Crippen LogP contribution in [0.3, 0.4) is 0 Å². The van der Waals surface area contributed by atoms with Crippen LogP contribution in [0.5, 0.6) is 0 Å². The van der Waals surface area contributed by atoms with Crippen molar-refractivity contribution in [3.8, 4) is 0 Å². The van der Waals surface area contributed by atoms with E-state index in [1.165, 1.54) is 0 Å². The zero-order valence-electron chi connectivity index (χ0n) is 9.21. The standard InChI is InChI=1S/C15H11NO/c17-12-16-15-9-5-4-8-14(15)11-10-13-6-2-1-3-7-13/h1-11H/b11-10+. The van der Waals surface area contributed by atoms with Crippen molar-refractivity contribution in [1.29, 1.82) is 0 Å². The third-order valence-electron chi connectivity index (χ3n) is 2.36. The molecule has 0 amide bonds. The van der Waals surface area contributed by atoms with Gasteiger partial charge in [0, 0.05) is 5.56 Å². The van der Waals surface area contributed by atoms with Gasteiger partial charge in [0.15, 0.2) is 0 Å². The fraction of sp³-hybridized carbons (Fsp3) is 0. The Labute approximate surface area is 100.0 Å². The van der Waals surface area contributed by atoms with Gasteiger partial charge in [-0.05, 0) is 11.6 Å². The van der Waals surface area contributed by atoms with Crippen molar-refractivity contribution in [2.45, 2.75) is 0 Å². The number of carbonyl (C=O) groups excluding carboxylic acids is 1. The zero-order chi connectivity index (χ0) is 11.9. The van der Waals surface area contributed by atoms with Gasteiger partial charge in [-0.1, -0.05) is 60.7 Å². The quantitative estimate of drug-likeness (QED) is 0.440. The Kier molecular flexibility index (Phi) is 3.64. The van der Waals surface area contributed by atoms with Crippen molar-refractivity contribution in [2.75, 3.05) is 0 Å². The summed E-state index contributed by atoms with van der Waals surface area (Å²) in [5.41, 5.74) is 2.65. The van der Waals surface area contributed by atoms with E-state index in [-0.39, 0.29) is 0 Å². The summed E-state index contributed by atoms with van der Waals surface area (Å²) < 4.78 is 0. The van der Waals surface area contributed by atoms with Crippen LogP contribution in [0.25, 0.3) is 12.2 Å². The normalized spacial score (nSPS) is 10.1. The lowest BCUT2D eigenvalue weighted by molar-refractivity contribution is 0.565. The number of isocyanates is 1. The minimum absolute atomic E-state index is 0.634. The van der Waals surface area contributed by atoms with Crippen molar-refractivity contribution in [3.63, 3.8) is 0 Å². The molecule has 0 unspecified atom stereocenters. The molecular weight excluding hydrogens is 210 g/mol. The Balaban J connectivity index is 2.30. The molecule has 0 atom stereocenters. The van der Waals surface area contributed by atoms with Crippen LogP contribution in [0.4, 0.5) is 5.69 Å². The molecule has 2 rings (SSSR count). The van der Waals surface area contributed by atoms with Gasteiger partial charge in [0.1, 0.15) is 0 Å². The van der Waals surface area contributed by atoms with E-state index >= 15 is 0 Å². The number of rotatable bonds is 3. The predicted octanol–water partition coefficient (Wildman–Crippen LogP) is 3.82. The molecule has 2 aromatic carbocycles. The number of para-hydroxylation sites is 1. The van der Waals surface area contributed by atoms with Crippen LogP contribution in [-0.4, -0.2) is 6.08 Å². The Hall–Kier alpha value is -2.44. The summed E-state index contributed by atoms with van der Waals surface area (Å²) >= 11 is 0. The van der Waals surface area contributed by atoms with E-state index in [1.54, 1.807) is 12.1 Å². The van der Waals surface area contributed by atoms with Crippen molar-refractivity contribution < 1.29 is 4.79 Å². The largest absolute Gasteiger partial charge is 0.240 e. The molecule has 2 heteroatoms. The number of aliphatic imine (C=N–C) groups is 1. The summed E-state index contributed by atoms with van der Waals surface area (Å²) in [6, 6.07) is 17.4. The van der Waals surface area contributed by atoms with Gasteiger partial charge in [0.2, 0.25) is 6.08 Å². The van der Waals surface area contributed by atoms with Crippen molar-refractivity contribution in [1.82, 2.24) is 0 Å². The van der Waals surface area contributed by atoms with Crippen molar-refractivity contribution in [3.05, 3.63) is 65.7 Å². The van der Waals surface area contributed by atoms with E-state index in [0.717, 1.165) is 11.1 Å². The monoisotopic (exact) mass is 221 g/mol. The summed E-state index contributed by atoms with van der Waals surface area (Å²) in [4.78, 5) is 13.9. The Morgan fingerprint density at radius 1 is 0.882 bits per heavy atom. The maximum Gasteiger partial charge on any atom is 0.240 e. The molecule has 0 aromatic heterocycles.